The van der Waals surface area contributed by atoms with Gasteiger partial charge >= 0.3 is 0 Å². The zero-order valence-electron chi connectivity index (χ0n) is 16.5. The van der Waals surface area contributed by atoms with Crippen molar-refractivity contribution in [1.82, 2.24) is 5.32 Å². The number of nitrogens with zero attached hydrogens (tertiary/aromatic N) is 1. The summed E-state index contributed by atoms with van der Waals surface area (Å²) in [4.78, 5) is 27.4. The predicted molar refractivity (Wildman–Crippen MR) is 112 cm³/mol. The van der Waals surface area contributed by atoms with Gasteiger partial charge in [0.2, 0.25) is 0 Å². The zero-order chi connectivity index (χ0) is 19.7. The van der Waals surface area contributed by atoms with Gasteiger partial charge in [0.25, 0.3) is 11.8 Å². The molecule has 5 nitrogen and oxygen atoms in total. The lowest BCUT2D eigenvalue weighted by atomic mass is 9.92. The number of carbonyl (C=O) groups excluding carboxylic acids is 2. The summed E-state index contributed by atoms with van der Waals surface area (Å²) in [6, 6.07) is 13.1. The molecule has 1 aliphatic heterocycles. The number of anilines is 2. The number of nitrogens with one attached hydrogen (secondary N) is 2. The van der Waals surface area contributed by atoms with E-state index in [9.17, 15) is 9.59 Å². The number of hydrogen-bond acceptors (Lipinski definition) is 3. The van der Waals surface area contributed by atoms with E-state index in [-0.39, 0.29) is 11.8 Å². The van der Waals surface area contributed by atoms with Crippen LogP contribution in [0.2, 0.25) is 0 Å². The third-order valence-corrected chi connectivity index (χ3v) is 6.13. The minimum absolute atomic E-state index is 0.137. The molecule has 2 amide bonds. The fourth-order valence-electron chi connectivity index (χ4n) is 4.09. The van der Waals surface area contributed by atoms with Gasteiger partial charge in [-0.3, -0.25) is 9.59 Å². The van der Waals surface area contributed by atoms with Gasteiger partial charge < -0.3 is 15.5 Å². The average molecular weight is 377 g/mol. The molecule has 2 aromatic carbocycles. The van der Waals surface area contributed by atoms with Gasteiger partial charge in [0.15, 0.2) is 0 Å². The monoisotopic (exact) mass is 377 g/mol. The van der Waals surface area contributed by atoms with Crippen LogP contribution < -0.4 is 15.5 Å². The first kappa shape index (κ1) is 18.5. The molecule has 2 aromatic rings. The van der Waals surface area contributed by atoms with Crippen LogP contribution in [0, 0.1) is 12.3 Å². The molecule has 1 heterocycles. The molecule has 28 heavy (non-hydrogen) atoms. The summed E-state index contributed by atoms with van der Waals surface area (Å²) in [6.45, 7) is 3.87. The predicted octanol–water partition coefficient (Wildman–Crippen LogP) is 3.99. The fraction of sp³-hybridized carbons (Fsp3) is 0.391. The second-order valence-corrected chi connectivity index (χ2v) is 8.12. The first-order chi connectivity index (χ1) is 13.5. The van der Waals surface area contributed by atoms with Gasteiger partial charge in [0.05, 0.1) is 11.3 Å². The van der Waals surface area contributed by atoms with E-state index in [0.29, 0.717) is 16.5 Å². The third-order valence-electron chi connectivity index (χ3n) is 6.13. The molecule has 0 unspecified atom stereocenters. The van der Waals surface area contributed by atoms with Gasteiger partial charge in [-0.1, -0.05) is 12.1 Å². The molecule has 2 N–H and O–H groups in total. The summed E-state index contributed by atoms with van der Waals surface area (Å²) in [5.74, 6) is -0.279. The molecule has 2 fully saturated rings. The Morgan fingerprint density at radius 3 is 2.36 bits per heavy atom. The topological polar surface area (TPSA) is 61.4 Å². The van der Waals surface area contributed by atoms with Crippen molar-refractivity contribution >= 4 is 23.2 Å². The molecule has 4 rings (SSSR count). The quantitative estimate of drug-likeness (QED) is 0.847. The first-order valence-electron chi connectivity index (χ1n) is 9.99. The van der Waals surface area contributed by atoms with Gasteiger partial charge in [-0.25, -0.2) is 0 Å². The van der Waals surface area contributed by atoms with Crippen LogP contribution in [0.4, 0.5) is 11.4 Å². The van der Waals surface area contributed by atoms with E-state index in [1.807, 2.05) is 37.3 Å². The maximum Gasteiger partial charge on any atom is 0.257 e. The molecule has 1 spiro atoms. The molecule has 0 aromatic heterocycles. The zero-order valence-corrected chi connectivity index (χ0v) is 16.5. The van der Waals surface area contributed by atoms with Crippen LogP contribution in [-0.4, -0.2) is 32.0 Å². The van der Waals surface area contributed by atoms with Crippen molar-refractivity contribution in [2.24, 2.45) is 5.41 Å². The van der Waals surface area contributed by atoms with Crippen LogP contribution in [0.1, 0.15) is 52.0 Å². The molecule has 146 valence electrons. The van der Waals surface area contributed by atoms with Gasteiger partial charge in [-0.15, -0.1) is 0 Å². The highest BCUT2D eigenvalue weighted by Crippen LogP contribution is 2.54. The molecule has 1 saturated carbocycles. The summed E-state index contributed by atoms with van der Waals surface area (Å²) in [7, 11) is 1.62. The van der Waals surface area contributed by atoms with Crippen molar-refractivity contribution in [1.29, 1.82) is 0 Å². The van der Waals surface area contributed by atoms with E-state index in [1.165, 1.54) is 12.8 Å². The van der Waals surface area contributed by atoms with E-state index in [2.05, 4.69) is 15.5 Å². The molecule has 0 radical (unpaired) electrons. The maximum absolute atomic E-state index is 13.0. The Bertz CT molecular complexity index is 908. The van der Waals surface area contributed by atoms with Gasteiger partial charge in [-0.05, 0) is 73.9 Å². The minimum Gasteiger partial charge on any atom is -0.371 e. The van der Waals surface area contributed by atoms with Crippen molar-refractivity contribution in [2.75, 3.05) is 30.4 Å². The van der Waals surface area contributed by atoms with E-state index >= 15 is 0 Å². The highest BCUT2D eigenvalue weighted by Gasteiger charge is 2.44. The second kappa shape index (κ2) is 7.30. The summed E-state index contributed by atoms with van der Waals surface area (Å²) < 4.78 is 0. The summed E-state index contributed by atoms with van der Waals surface area (Å²) in [5.41, 5.74) is 4.47. The summed E-state index contributed by atoms with van der Waals surface area (Å²) in [6.07, 6.45) is 4.99. The van der Waals surface area contributed by atoms with E-state index in [0.717, 1.165) is 42.9 Å². The third kappa shape index (κ3) is 3.75. The normalized spacial score (nSPS) is 17.3. The van der Waals surface area contributed by atoms with Gasteiger partial charge in [0, 0.05) is 31.4 Å². The van der Waals surface area contributed by atoms with Crippen molar-refractivity contribution in [3.8, 4) is 0 Å². The summed E-state index contributed by atoms with van der Waals surface area (Å²) >= 11 is 0. The Labute approximate surface area is 166 Å². The van der Waals surface area contributed by atoms with Crippen molar-refractivity contribution in [2.45, 2.75) is 32.6 Å². The van der Waals surface area contributed by atoms with Crippen LogP contribution in [0.15, 0.2) is 42.5 Å². The molecule has 1 saturated heterocycles. The van der Waals surface area contributed by atoms with Crippen LogP contribution in [0.5, 0.6) is 0 Å². The number of carbonyl (C=O) groups is 2. The average Bonchev–Trinajstić information content (AvgIpc) is 3.46. The molecule has 0 bridgehead atoms. The number of amides is 2. The van der Waals surface area contributed by atoms with Gasteiger partial charge in [0.1, 0.15) is 0 Å². The van der Waals surface area contributed by atoms with Crippen LogP contribution in [0.25, 0.3) is 0 Å². The van der Waals surface area contributed by atoms with E-state index in [4.69, 9.17) is 0 Å². The van der Waals surface area contributed by atoms with Crippen LogP contribution in [0.3, 0.4) is 0 Å². The Morgan fingerprint density at radius 1 is 0.964 bits per heavy atom. The van der Waals surface area contributed by atoms with Gasteiger partial charge in [-0.2, -0.15) is 0 Å². The number of aryl methyl sites for hydroxylation is 1. The molecular formula is C23H27N3O2. The molecule has 5 heteroatoms. The number of hydrogen-bond donors (Lipinski definition) is 2. The number of benzene rings is 2. The lowest BCUT2D eigenvalue weighted by molar-refractivity contribution is 0.0961. The van der Waals surface area contributed by atoms with Crippen LogP contribution in [-0.2, 0) is 0 Å². The lowest BCUT2D eigenvalue weighted by Gasteiger charge is -2.35. The molecule has 2 aliphatic rings. The smallest absolute Gasteiger partial charge is 0.257 e. The highest BCUT2D eigenvalue weighted by atomic mass is 16.2. The van der Waals surface area contributed by atoms with E-state index in [1.54, 1.807) is 19.2 Å². The Balaban J connectivity index is 1.63. The SMILES string of the molecule is CNC(=O)c1ccc(C(=O)Nc2cccc(C)c2)c(N2CCC3(CC2)CC3)c1. The van der Waals surface area contributed by atoms with Crippen molar-refractivity contribution in [3.63, 3.8) is 0 Å². The number of rotatable bonds is 4. The molecule has 0 atom stereocenters. The Kier molecular flexibility index (Phi) is 4.84. The first-order valence-corrected chi connectivity index (χ1v) is 9.99. The Hall–Kier alpha value is -2.82. The van der Waals surface area contributed by atoms with Crippen molar-refractivity contribution in [3.05, 3.63) is 59.2 Å². The van der Waals surface area contributed by atoms with E-state index < -0.39 is 0 Å². The molecule has 1 aliphatic carbocycles. The van der Waals surface area contributed by atoms with Crippen molar-refractivity contribution < 1.29 is 9.59 Å². The fourth-order valence-corrected chi connectivity index (χ4v) is 4.09. The lowest BCUT2D eigenvalue weighted by Crippen LogP contribution is -2.36. The Morgan fingerprint density at radius 2 is 1.71 bits per heavy atom. The standard InChI is InChI=1S/C23H27N3O2/c1-16-4-3-5-18(14-16)25-22(28)19-7-6-17(21(27)24-2)15-20(19)26-12-10-23(8-9-23)11-13-26/h3-7,14-15H,8-13H2,1-2H3,(H,24,27)(H,25,28). The van der Waals surface area contributed by atoms with Crippen LogP contribution >= 0.6 is 0 Å². The summed E-state index contributed by atoms with van der Waals surface area (Å²) in [5, 5.41) is 5.67. The minimum atomic E-state index is -0.143. The largest absolute Gasteiger partial charge is 0.371 e. The second-order valence-electron chi connectivity index (χ2n) is 8.12. The highest BCUT2D eigenvalue weighted by molar-refractivity contribution is 6.09. The maximum atomic E-state index is 13.0. The number of piperidine rings is 1. The molecular weight excluding hydrogens is 350 g/mol.